The zero-order chi connectivity index (χ0) is 17.0. The van der Waals surface area contributed by atoms with Crippen molar-refractivity contribution in [3.8, 4) is 5.75 Å². The van der Waals surface area contributed by atoms with Crippen LogP contribution in [0.4, 0.5) is 4.79 Å². The van der Waals surface area contributed by atoms with Crippen LogP contribution in [-0.4, -0.2) is 46.9 Å². The molecule has 1 aliphatic rings. The summed E-state index contributed by atoms with van der Waals surface area (Å²) in [6, 6.07) is 5.17. The minimum Gasteiger partial charge on any atom is -0.508 e. The highest BCUT2D eigenvalue weighted by Crippen LogP contribution is 2.31. The monoisotopic (exact) mass is 320 g/mol. The summed E-state index contributed by atoms with van der Waals surface area (Å²) in [5.74, 6) is -0.429. The Morgan fingerprint density at radius 2 is 2.00 bits per heavy atom. The number of benzene rings is 1. The van der Waals surface area contributed by atoms with Gasteiger partial charge in [0.15, 0.2) is 0 Å². The fraction of sp³-hybridized carbons (Fsp3) is 0.375. The minimum absolute atomic E-state index is 0.0862. The molecule has 2 amide bonds. The lowest BCUT2D eigenvalue weighted by atomic mass is 9.95. The molecule has 124 valence electrons. The Hall–Kier alpha value is -2.54. The number of nitrogens with one attached hydrogen (secondary N) is 1. The van der Waals surface area contributed by atoms with E-state index in [0.717, 1.165) is 0 Å². The van der Waals surface area contributed by atoms with Crippen LogP contribution in [0.5, 0.6) is 5.75 Å². The van der Waals surface area contributed by atoms with Crippen molar-refractivity contribution in [2.24, 2.45) is 0 Å². The summed E-state index contributed by atoms with van der Waals surface area (Å²) < 4.78 is 5.10. The van der Waals surface area contributed by atoms with Crippen LogP contribution in [0.2, 0.25) is 0 Å². The lowest BCUT2D eigenvalue weighted by molar-refractivity contribution is -0.139. The first-order valence-electron chi connectivity index (χ1n) is 7.35. The summed E-state index contributed by atoms with van der Waals surface area (Å²) in [7, 11) is 0. The summed E-state index contributed by atoms with van der Waals surface area (Å²) in [5, 5.41) is 21.3. The van der Waals surface area contributed by atoms with E-state index in [0.29, 0.717) is 16.8 Å². The van der Waals surface area contributed by atoms with Crippen LogP contribution in [0.25, 0.3) is 0 Å². The molecule has 0 aliphatic carbocycles. The van der Waals surface area contributed by atoms with E-state index in [-0.39, 0.29) is 25.5 Å². The van der Waals surface area contributed by atoms with E-state index in [2.05, 4.69) is 5.32 Å². The average Bonchev–Trinajstić information content (AvgIpc) is 2.51. The predicted octanol–water partition coefficient (Wildman–Crippen LogP) is 1.29. The number of aliphatic hydroxyl groups excluding tert-OH is 1. The number of ether oxygens (including phenoxy) is 1. The fourth-order valence-electron chi connectivity index (χ4n) is 2.54. The number of phenols is 1. The number of phenolic OH excluding ortho intramolecular Hbond substituents is 1. The molecule has 1 aliphatic heterocycles. The van der Waals surface area contributed by atoms with Crippen molar-refractivity contribution >= 4 is 12.0 Å². The van der Waals surface area contributed by atoms with Crippen LogP contribution in [0, 0.1) is 0 Å². The van der Waals surface area contributed by atoms with E-state index < -0.39 is 18.0 Å². The highest BCUT2D eigenvalue weighted by Gasteiger charge is 2.36. The highest BCUT2D eigenvalue weighted by molar-refractivity contribution is 5.95. The third kappa shape index (κ3) is 3.45. The van der Waals surface area contributed by atoms with Crippen molar-refractivity contribution in [2.45, 2.75) is 19.9 Å². The van der Waals surface area contributed by atoms with Crippen LogP contribution >= 0.6 is 0 Å². The van der Waals surface area contributed by atoms with Crippen molar-refractivity contribution in [1.29, 1.82) is 0 Å². The lowest BCUT2D eigenvalue weighted by Crippen LogP contribution is -2.48. The van der Waals surface area contributed by atoms with Gasteiger partial charge >= 0.3 is 12.0 Å². The summed E-state index contributed by atoms with van der Waals surface area (Å²) >= 11 is 0. The van der Waals surface area contributed by atoms with E-state index in [1.165, 1.54) is 17.0 Å². The number of hydrogen-bond donors (Lipinski definition) is 3. The van der Waals surface area contributed by atoms with Gasteiger partial charge in [-0.15, -0.1) is 0 Å². The third-order valence-corrected chi connectivity index (χ3v) is 3.64. The van der Waals surface area contributed by atoms with E-state index in [1.807, 2.05) is 0 Å². The van der Waals surface area contributed by atoms with Gasteiger partial charge in [-0.05, 0) is 31.5 Å². The molecule has 1 aromatic rings. The van der Waals surface area contributed by atoms with Gasteiger partial charge in [-0.2, -0.15) is 0 Å². The molecule has 7 nitrogen and oxygen atoms in total. The Kier molecular flexibility index (Phi) is 5.23. The Morgan fingerprint density at radius 1 is 1.35 bits per heavy atom. The van der Waals surface area contributed by atoms with Crippen LogP contribution in [0.15, 0.2) is 35.5 Å². The lowest BCUT2D eigenvalue weighted by Gasteiger charge is -2.35. The van der Waals surface area contributed by atoms with Gasteiger partial charge in [0.05, 0.1) is 31.4 Å². The molecule has 2 rings (SSSR count). The maximum absolute atomic E-state index is 12.3. The minimum atomic E-state index is -0.669. The molecule has 23 heavy (non-hydrogen) atoms. The van der Waals surface area contributed by atoms with Gasteiger partial charge in [-0.3, -0.25) is 4.90 Å². The largest absolute Gasteiger partial charge is 0.508 e. The number of allylic oxidation sites excluding steroid dienone is 1. The van der Waals surface area contributed by atoms with Crippen molar-refractivity contribution < 1.29 is 24.5 Å². The Balaban J connectivity index is 2.48. The SMILES string of the molecule is CCOC(=O)C1=C(C)N(CCO)C(=O)NC1c1ccc(O)cc1. The molecule has 1 aromatic carbocycles. The topological polar surface area (TPSA) is 99.1 Å². The van der Waals surface area contributed by atoms with Gasteiger partial charge in [-0.25, -0.2) is 9.59 Å². The van der Waals surface area contributed by atoms with Gasteiger partial charge in [0.2, 0.25) is 0 Å². The molecule has 7 heteroatoms. The third-order valence-electron chi connectivity index (χ3n) is 3.64. The van der Waals surface area contributed by atoms with Crippen LogP contribution in [0.1, 0.15) is 25.5 Å². The van der Waals surface area contributed by atoms with Crippen LogP contribution in [0.3, 0.4) is 0 Å². The average molecular weight is 320 g/mol. The number of carbonyl (C=O) groups is 2. The number of amides is 2. The molecule has 1 unspecified atom stereocenters. The maximum atomic E-state index is 12.3. The van der Waals surface area contributed by atoms with E-state index in [1.54, 1.807) is 26.0 Å². The van der Waals surface area contributed by atoms with Crippen molar-refractivity contribution in [3.05, 3.63) is 41.1 Å². The van der Waals surface area contributed by atoms with Crippen molar-refractivity contribution in [1.82, 2.24) is 10.2 Å². The molecular weight excluding hydrogens is 300 g/mol. The Bertz CT molecular complexity index is 624. The number of esters is 1. The molecule has 0 saturated heterocycles. The molecular formula is C16H20N2O5. The van der Waals surface area contributed by atoms with Crippen LogP contribution < -0.4 is 5.32 Å². The van der Waals surface area contributed by atoms with Crippen LogP contribution in [-0.2, 0) is 9.53 Å². The second kappa shape index (κ2) is 7.15. The number of nitrogens with zero attached hydrogens (tertiary/aromatic N) is 1. The van der Waals surface area contributed by atoms with Crippen molar-refractivity contribution in [2.75, 3.05) is 19.8 Å². The van der Waals surface area contributed by atoms with Gasteiger partial charge in [0.25, 0.3) is 0 Å². The van der Waals surface area contributed by atoms with Gasteiger partial charge < -0.3 is 20.3 Å². The zero-order valence-corrected chi connectivity index (χ0v) is 13.1. The summed E-state index contributed by atoms with van der Waals surface area (Å²) in [5.41, 5.74) is 1.41. The predicted molar refractivity (Wildman–Crippen MR) is 82.5 cm³/mol. The first-order valence-corrected chi connectivity index (χ1v) is 7.35. The first kappa shape index (κ1) is 16.8. The number of carbonyl (C=O) groups excluding carboxylic acids is 2. The number of hydrogen-bond acceptors (Lipinski definition) is 5. The second-order valence-electron chi connectivity index (χ2n) is 5.07. The number of urea groups is 1. The molecule has 1 heterocycles. The molecule has 0 fully saturated rings. The molecule has 1 atom stereocenters. The highest BCUT2D eigenvalue weighted by atomic mass is 16.5. The van der Waals surface area contributed by atoms with Crippen molar-refractivity contribution in [3.63, 3.8) is 0 Å². The molecule has 0 aromatic heterocycles. The summed E-state index contributed by atoms with van der Waals surface area (Å²) in [6.07, 6.45) is 0. The molecule has 3 N–H and O–H groups in total. The van der Waals surface area contributed by atoms with E-state index in [9.17, 15) is 14.7 Å². The smallest absolute Gasteiger partial charge is 0.338 e. The molecule has 0 bridgehead atoms. The Labute approximate surface area is 134 Å². The molecule has 0 spiro atoms. The van der Waals surface area contributed by atoms with Gasteiger partial charge in [0.1, 0.15) is 5.75 Å². The molecule has 0 saturated carbocycles. The number of rotatable bonds is 5. The standard InChI is InChI=1S/C16H20N2O5/c1-3-23-15(21)13-10(2)18(8-9-19)16(22)17-14(13)11-4-6-12(20)7-5-11/h4-7,14,19-20H,3,8-9H2,1-2H3,(H,17,22). The number of β-amino-alcohol motifs (C(OH)–C–C–N with tert-alkyl or cyclic N) is 1. The summed E-state index contributed by atoms with van der Waals surface area (Å²) in [6.45, 7) is 3.43. The van der Waals surface area contributed by atoms with Gasteiger partial charge in [-0.1, -0.05) is 12.1 Å². The van der Waals surface area contributed by atoms with Gasteiger partial charge in [0, 0.05) is 5.70 Å². The van der Waals surface area contributed by atoms with E-state index >= 15 is 0 Å². The Morgan fingerprint density at radius 3 is 2.57 bits per heavy atom. The number of aliphatic hydroxyl groups is 1. The summed E-state index contributed by atoms with van der Waals surface area (Å²) in [4.78, 5) is 25.9. The first-order chi connectivity index (χ1) is 11.0. The zero-order valence-electron chi connectivity index (χ0n) is 13.1. The number of aromatic hydroxyl groups is 1. The quantitative estimate of drug-likeness (QED) is 0.710. The fourth-order valence-corrected chi connectivity index (χ4v) is 2.54. The maximum Gasteiger partial charge on any atom is 0.338 e. The van der Waals surface area contributed by atoms with E-state index in [4.69, 9.17) is 9.84 Å². The normalized spacial score (nSPS) is 18.0. The molecule has 0 radical (unpaired) electrons. The second-order valence-corrected chi connectivity index (χ2v) is 5.07.